The summed E-state index contributed by atoms with van der Waals surface area (Å²) in [5, 5.41) is 6.42. The van der Waals surface area contributed by atoms with Crippen molar-refractivity contribution in [2.75, 3.05) is 33.3 Å². The Morgan fingerprint density at radius 2 is 2.07 bits per heavy atom. The lowest BCUT2D eigenvalue weighted by Crippen LogP contribution is -2.45. The lowest BCUT2D eigenvalue weighted by molar-refractivity contribution is 0.0857. The highest BCUT2D eigenvalue weighted by atomic mass is 16.5. The van der Waals surface area contributed by atoms with Crippen molar-refractivity contribution in [3.05, 3.63) is 35.4 Å². The summed E-state index contributed by atoms with van der Waals surface area (Å²) in [5.74, 6) is 1.70. The van der Waals surface area contributed by atoms with Gasteiger partial charge in [-0.1, -0.05) is 19.1 Å². The summed E-state index contributed by atoms with van der Waals surface area (Å²) in [5.41, 5.74) is 1.76. The number of rotatable bonds is 5. The van der Waals surface area contributed by atoms with Crippen molar-refractivity contribution >= 4 is 11.9 Å². The minimum atomic E-state index is -0.0400. The number of nitrogens with one attached hydrogen (secondary N) is 2. The number of carbonyl (C=O) groups excluding carboxylic acids is 1. The molecule has 0 bridgehead atoms. The van der Waals surface area contributed by atoms with Crippen LogP contribution < -0.4 is 10.6 Å². The normalized spacial score (nSPS) is 21.3. The van der Waals surface area contributed by atoms with E-state index in [0.717, 1.165) is 50.0 Å². The van der Waals surface area contributed by atoms with Gasteiger partial charge in [-0.15, -0.1) is 0 Å². The van der Waals surface area contributed by atoms with E-state index in [0.29, 0.717) is 18.7 Å². The van der Waals surface area contributed by atoms with Crippen LogP contribution in [-0.4, -0.2) is 56.2 Å². The summed E-state index contributed by atoms with van der Waals surface area (Å²) in [6.45, 7) is 6.45. The van der Waals surface area contributed by atoms with E-state index in [1.54, 1.807) is 0 Å². The lowest BCUT2D eigenvalue weighted by Gasteiger charge is -2.32. The molecule has 148 valence electrons. The number of aliphatic imine (C=N–C) groups is 1. The van der Waals surface area contributed by atoms with E-state index in [1.807, 2.05) is 31.3 Å². The van der Waals surface area contributed by atoms with Crippen LogP contribution in [0.15, 0.2) is 29.3 Å². The molecule has 0 radical (unpaired) electrons. The molecule has 27 heavy (non-hydrogen) atoms. The molecular formula is C21H32N4O2. The fraction of sp³-hybridized carbons (Fsp3) is 0.619. The fourth-order valence-corrected chi connectivity index (χ4v) is 3.67. The van der Waals surface area contributed by atoms with E-state index < -0.39 is 0 Å². The van der Waals surface area contributed by atoms with Crippen molar-refractivity contribution in [2.45, 2.75) is 45.3 Å². The Balaban J connectivity index is 1.51. The van der Waals surface area contributed by atoms with Gasteiger partial charge in [0, 0.05) is 45.4 Å². The number of nitrogens with zero attached hydrogens (tertiary/aromatic N) is 2. The number of amides is 1. The number of likely N-dealkylation sites (tertiary alicyclic amines) is 1. The standard InChI is InChI=1S/C21H32N4O2/c1-16-8-10-25(11-9-16)21(22-2)24-14-17-5-3-6-18(13-17)20(26)23-15-19-7-4-12-27-19/h3,5-6,13,16,19H,4,7-12,14-15H2,1-2H3,(H,22,24)(H,23,26). The van der Waals surface area contributed by atoms with Crippen LogP contribution in [0.1, 0.15) is 48.5 Å². The third kappa shape index (κ3) is 5.70. The zero-order valence-corrected chi connectivity index (χ0v) is 16.5. The van der Waals surface area contributed by atoms with Gasteiger partial charge >= 0.3 is 0 Å². The lowest BCUT2D eigenvalue weighted by atomic mass is 9.99. The molecule has 0 saturated carbocycles. The number of ether oxygens (including phenoxy) is 1. The minimum absolute atomic E-state index is 0.0400. The van der Waals surface area contributed by atoms with Crippen LogP contribution >= 0.6 is 0 Å². The molecule has 1 amide bonds. The number of guanidine groups is 1. The molecule has 1 atom stereocenters. The molecule has 2 N–H and O–H groups in total. The van der Waals surface area contributed by atoms with Crippen molar-refractivity contribution in [3.63, 3.8) is 0 Å². The van der Waals surface area contributed by atoms with Gasteiger partial charge in [0.15, 0.2) is 5.96 Å². The quantitative estimate of drug-likeness (QED) is 0.615. The third-order valence-corrected chi connectivity index (χ3v) is 5.45. The predicted molar refractivity (Wildman–Crippen MR) is 108 cm³/mol. The highest BCUT2D eigenvalue weighted by Gasteiger charge is 2.19. The van der Waals surface area contributed by atoms with Gasteiger partial charge in [0.1, 0.15) is 0 Å². The molecule has 1 aromatic carbocycles. The highest BCUT2D eigenvalue weighted by molar-refractivity contribution is 5.94. The SMILES string of the molecule is CN=C(NCc1cccc(C(=O)NCC2CCCO2)c1)N1CCC(C)CC1. The molecule has 2 saturated heterocycles. The third-order valence-electron chi connectivity index (χ3n) is 5.45. The molecule has 1 aromatic rings. The Kier molecular flexibility index (Phi) is 7.10. The largest absolute Gasteiger partial charge is 0.376 e. The topological polar surface area (TPSA) is 66.0 Å². The maximum Gasteiger partial charge on any atom is 0.251 e. The maximum absolute atomic E-state index is 12.4. The molecule has 2 aliphatic heterocycles. The van der Waals surface area contributed by atoms with Crippen molar-refractivity contribution in [1.29, 1.82) is 0 Å². The molecule has 6 heteroatoms. The Hall–Kier alpha value is -2.08. The second-order valence-electron chi connectivity index (χ2n) is 7.62. The van der Waals surface area contributed by atoms with E-state index >= 15 is 0 Å². The van der Waals surface area contributed by atoms with E-state index in [1.165, 1.54) is 12.8 Å². The van der Waals surface area contributed by atoms with Crippen LogP contribution in [0.25, 0.3) is 0 Å². The first-order chi connectivity index (χ1) is 13.2. The van der Waals surface area contributed by atoms with E-state index in [9.17, 15) is 4.79 Å². The van der Waals surface area contributed by atoms with Crippen molar-refractivity contribution < 1.29 is 9.53 Å². The van der Waals surface area contributed by atoms with Gasteiger partial charge in [-0.25, -0.2) is 0 Å². The van der Waals surface area contributed by atoms with Gasteiger partial charge in [-0.05, 0) is 49.3 Å². The summed E-state index contributed by atoms with van der Waals surface area (Å²) >= 11 is 0. The minimum Gasteiger partial charge on any atom is -0.376 e. The molecule has 2 heterocycles. The van der Waals surface area contributed by atoms with Gasteiger partial charge in [0.05, 0.1) is 6.10 Å². The first kappa shape index (κ1) is 19.7. The average Bonchev–Trinajstić information content (AvgIpc) is 3.22. The number of carbonyl (C=O) groups is 1. The predicted octanol–water partition coefficient (Wildman–Crippen LogP) is 2.40. The monoisotopic (exact) mass is 372 g/mol. The Labute approximate surface area is 162 Å². The Morgan fingerprint density at radius 1 is 1.26 bits per heavy atom. The van der Waals surface area contributed by atoms with E-state index in [2.05, 4.69) is 27.4 Å². The van der Waals surface area contributed by atoms with Crippen LogP contribution in [0.2, 0.25) is 0 Å². The van der Waals surface area contributed by atoms with Crippen LogP contribution in [0.4, 0.5) is 0 Å². The van der Waals surface area contributed by atoms with Crippen LogP contribution in [0, 0.1) is 5.92 Å². The smallest absolute Gasteiger partial charge is 0.251 e. The molecule has 6 nitrogen and oxygen atoms in total. The van der Waals surface area contributed by atoms with Gasteiger partial charge in [0.2, 0.25) is 0 Å². The molecule has 2 aliphatic rings. The molecule has 3 rings (SSSR count). The van der Waals surface area contributed by atoms with Crippen LogP contribution in [0.5, 0.6) is 0 Å². The molecule has 2 fully saturated rings. The van der Waals surface area contributed by atoms with Gasteiger partial charge in [-0.2, -0.15) is 0 Å². The molecule has 1 unspecified atom stereocenters. The van der Waals surface area contributed by atoms with Gasteiger partial charge in [0.25, 0.3) is 5.91 Å². The van der Waals surface area contributed by atoms with Crippen molar-refractivity contribution in [1.82, 2.24) is 15.5 Å². The summed E-state index contributed by atoms with van der Waals surface area (Å²) in [4.78, 5) is 19.1. The number of piperidine rings is 1. The van der Waals surface area contributed by atoms with Crippen molar-refractivity contribution in [3.8, 4) is 0 Å². The highest BCUT2D eigenvalue weighted by Crippen LogP contribution is 2.16. The second-order valence-corrected chi connectivity index (χ2v) is 7.62. The number of hydrogen-bond donors (Lipinski definition) is 2. The summed E-state index contributed by atoms with van der Waals surface area (Å²) in [7, 11) is 1.83. The summed E-state index contributed by atoms with van der Waals surface area (Å²) in [6, 6.07) is 7.78. The van der Waals surface area contributed by atoms with Crippen LogP contribution in [0.3, 0.4) is 0 Å². The molecule has 0 aliphatic carbocycles. The van der Waals surface area contributed by atoms with E-state index in [-0.39, 0.29) is 12.0 Å². The maximum atomic E-state index is 12.4. The zero-order valence-electron chi connectivity index (χ0n) is 16.5. The Morgan fingerprint density at radius 3 is 2.78 bits per heavy atom. The first-order valence-corrected chi connectivity index (χ1v) is 10.1. The molecule has 0 aromatic heterocycles. The molecule has 0 spiro atoms. The summed E-state index contributed by atoms with van der Waals surface area (Å²) < 4.78 is 5.56. The van der Waals surface area contributed by atoms with Gasteiger partial charge < -0.3 is 20.3 Å². The second kappa shape index (κ2) is 9.74. The Bertz CT molecular complexity index is 647. The number of benzene rings is 1. The molecular weight excluding hydrogens is 340 g/mol. The van der Waals surface area contributed by atoms with Crippen LogP contribution in [-0.2, 0) is 11.3 Å². The fourth-order valence-electron chi connectivity index (χ4n) is 3.67. The zero-order chi connectivity index (χ0) is 19.1. The van der Waals surface area contributed by atoms with E-state index in [4.69, 9.17) is 4.74 Å². The summed E-state index contributed by atoms with van der Waals surface area (Å²) in [6.07, 6.45) is 4.69. The average molecular weight is 373 g/mol. The van der Waals surface area contributed by atoms with Gasteiger partial charge in [-0.3, -0.25) is 9.79 Å². The number of hydrogen-bond acceptors (Lipinski definition) is 3. The first-order valence-electron chi connectivity index (χ1n) is 10.1. The van der Waals surface area contributed by atoms with Crippen molar-refractivity contribution in [2.24, 2.45) is 10.9 Å².